The van der Waals surface area contributed by atoms with Crippen molar-refractivity contribution in [3.8, 4) is 5.69 Å². The fourth-order valence-electron chi connectivity index (χ4n) is 3.41. The Morgan fingerprint density at radius 1 is 0.821 bits per heavy atom. The third kappa shape index (κ3) is 3.67. The number of nitrogens with zero attached hydrogens (tertiary/aromatic N) is 4. The van der Waals surface area contributed by atoms with E-state index in [4.69, 9.17) is 0 Å². The molecule has 142 valence electrons. The minimum atomic E-state index is 0.00811. The average Bonchev–Trinajstić information content (AvgIpc) is 3.24. The molecule has 6 heteroatoms. The molecule has 0 bridgehead atoms. The summed E-state index contributed by atoms with van der Waals surface area (Å²) in [5.74, 6) is 0.0757. The van der Waals surface area contributed by atoms with E-state index in [0.717, 1.165) is 24.5 Å². The standard InChI is InChI=1S/C22H22N4O2/c1-17(27)18-7-9-20(10-8-18)24-11-13-25(14-12-24)22(28)19-15-23-26(16-19)21-5-3-2-4-6-21/h2-10,15-16H,11-14H2,1H3. The number of anilines is 1. The molecule has 28 heavy (non-hydrogen) atoms. The molecule has 0 radical (unpaired) electrons. The van der Waals surface area contributed by atoms with Crippen LogP contribution in [0.1, 0.15) is 27.6 Å². The number of para-hydroxylation sites is 1. The van der Waals surface area contributed by atoms with Crippen molar-refractivity contribution in [2.45, 2.75) is 6.92 Å². The molecule has 0 aliphatic carbocycles. The SMILES string of the molecule is CC(=O)c1ccc(N2CCN(C(=O)c3cnn(-c4ccccc4)c3)CC2)cc1. The maximum Gasteiger partial charge on any atom is 0.257 e. The summed E-state index contributed by atoms with van der Waals surface area (Å²) in [7, 11) is 0. The first-order valence-electron chi connectivity index (χ1n) is 9.37. The van der Waals surface area contributed by atoms with Gasteiger partial charge in [-0.3, -0.25) is 9.59 Å². The Hall–Kier alpha value is -3.41. The second kappa shape index (κ2) is 7.68. The third-order valence-corrected chi connectivity index (χ3v) is 5.06. The highest BCUT2D eigenvalue weighted by molar-refractivity contribution is 5.94. The highest BCUT2D eigenvalue weighted by Gasteiger charge is 2.23. The van der Waals surface area contributed by atoms with Crippen LogP contribution < -0.4 is 4.90 Å². The van der Waals surface area contributed by atoms with Crippen LogP contribution in [0, 0.1) is 0 Å². The van der Waals surface area contributed by atoms with Crippen LogP contribution in [0.4, 0.5) is 5.69 Å². The predicted octanol–water partition coefficient (Wildman–Crippen LogP) is 3.04. The van der Waals surface area contributed by atoms with Gasteiger partial charge in [0.2, 0.25) is 0 Å². The summed E-state index contributed by atoms with van der Waals surface area (Å²) in [6.45, 7) is 4.41. The zero-order valence-corrected chi connectivity index (χ0v) is 15.8. The molecular weight excluding hydrogens is 352 g/mol. The maximum atomic E-state index is 12.8. The topological polar surface area (TPSA) is 58.4 Å². The molecule has 1 aromatic heterocycles. The number of rotatable bonds is 4. The summed E-state index contributed by atoms with van der Waals surface area (Å²) in [4.78, 5) is 28.3. The van der Waals surface area contributed by atoms with E-state index in [1.165, 1.54) is 0 Å². The van der Waals surface area contributed by atoms with Gasteiger partial charge in [0.1, 0.15) is 0 Å². The number of carbonyl (C=O) groups is 2. The summed E-state index contributed by atoms with van der Waals surface area (Å²) >= 11 is 0. The number of piperazine rings is 1. The number of hydrogen-bond donors (Lipinski definition) is 0. The molecule has 0 N–H and O–H groups in total. The molecule has 4 rings (SSSR count). The molecule has 1 fully saturated rings. The molecule has 1 saturated heterocycles. The zero-order chi connectivity index (χ0) is 19.5. The lowest BCUT2D eigenvalue weighted by atomic mass is 10.1. The van der Waals surface area contributed by atoms with Gasteiger partial charge in [0.25, 0.3) is 5.91 Å². The average molecular weight is 374 g/mol. The van der Waals surface area contributed by atoms with Gasteiger partial charge in [0, 0.05) is 43.6 Å². The first-order chi connectivity index (χ1) is 13.6. The van der Waals surface area contributed by atoms with E-state index < -0.39 is 0 Å². The van der Waals surface area contributed by atoms with Crippen molar-refractivity contribution in [3.63, 3.8) is 0 Å². The van der Waals surface area contributed by atoms with Gasteiger partial charge in [-0.05, 0) is 43.3 Å². The first kappa shape index (κ1) is 18.0. The van der Waals surface area contributed by atoms with E-state index in [2.05, 4.69) is 10.00 Å². The van der Waals surface area contributed by atoms with Crippen LogP contribution in [0.25, 0.3) is 5.69 Å². The van der Waals surface area contributed by atoms with Gasteiger partial charge in [-0.2, -0.15) is 5.10 Å². The Morgan fingerprint density at radius 3 is 2.14 bits per heavy atom. The van der Waals surface area contributed by atoms with Crippen molar-refractivity contribution < 1.29 is 9.59 Å². The Bertz CT molecular complexity index is 971. The fourth-order valence-corrected chi connectivity index (χ4v) is 3.41. The van der Waals surface area contributed by atoms with E-state index in [1.807, 2.05) is 59.5 Å². The number of Topliss-reactive ketones (excluding diaryl/α,β-unsaturated/α-hetero) is 1. The van der Waals surface area contributed by atoms with E-state index in [1.54, 1.807) is 24.0 Å². The smallest absolute Gasteiger partial charge is 0.257 e. The van der Waals surface area contributed by atoms with Gasteiger partial charge >= 0.3 is 0 Å². The summed E-state index contributed by atoms with van der Waals surface area (Å²) in [5.41, 5.74) is 3.32. The van der Waals surface area contributed by atoms with E-state index in [-0.39, 0.29) is 11.7 Å². The van der Waals surface area contributed by atoms with Crippen LogP contribution in [0.2, 0.25) is 0 Å². The second-order valence-electron chi connectivity index (χ2n) is 6.89. The number of aromatic nitrogens is 2. The Morgan fingerprint density at radius 2 is 1.50 bits per heavy atom. The second-order valence-corrected chi connectivity index (χ2v) is 6.89. The summed E-state index contributed by atoms with van der Waals surface area (Å²) in [6, 6.07) is 17.4. The molecule has 0 spiro atoms. The quantitative estimate of drug-likeness (QED) is 0.659. The zero-order valence-electron chi connectivity index (χ0n) is 15.8. The molecule has 1 aliphatic heterocycles. The van der Waals surface area contributed by atoms with Gasteiger partial charge in [-0.15, -0.1) is 0 Å². The van der Waals surface area contributed by atoms with Crippen LogP contribution in [0.5, 0.6) is 0 Å². The number of benzene rings is 2. The van der Waals surface area contributed by atoms with E-state index >= 15 is 0 Å². The molecule has 0 unspecified atom stereocenters. The third-order valence-electron chi connectivity index (χ3n) is 5.06. The Kier molecular flexibility index (Phi) is 4.93. The minimum absolute atomic E-state index is 0.00811. The van der Waals surface area contributed by atoms with Gasteiger partial charge in [0.05, 0.1) is 17.4 Å². The number of carbonyl (C=O) groups excluding carboxylic acids is 2. The van der Waals surface area contributed by atoms with Gasteiger partial charge in [-0.25, -0.2) is 4.68 Å². The molecule has 0 saturated carbocycles. The Labute approximate surface area is 164 Å². The molecule has 2 aromatic carbocycles. The molecule has 1 aliphatic rings. The Balaban J connectivity index is 1.39. The number of hydrogen-bond acceptors (Lipinski definition) is 4. The van der Waals surface area contributed by atoms with Crippen molar-refractivity contribution in [2.75, 3.05) is 31.1 Å². The van der Waals surface area contributed by atoms with Crippen molar-refractivity contribution in [1.29, 1.82) is 0 Å². The molecule has 6 nitrogen and oxygen atoms in total. The molecule has 3 aromatic rings. The lowest BCUT2D eigenvalue weighted by Crippen LogP contribution is -2.48. The molecule has 1 amide bonds. The molecule has 0 atom stereocenters. The van der Waals surface area contributed by atoms with Crippen molar-refractivity contribution in [2.24, 2.45) is 0 Å². The summed E-state index contributed by atoms with van der Waals surface area (Å²) in [5, 5.41) is 4.32. The van der Waals surface area contributed by atoms with Crippen molar-refractivity contribution in [3.05, 3.63) is 78.1 Å². The lowest BCUT2D eigenvalue weighted by molar-refractivity contribution is 0.0746. The summed E-state index contributed by atoms with van der Waals surface area (Å²) < 4.78 is 1.72. The van der Waals surface area contributed by atoms with E-state index in [0.29, 0.717) is 24.2 Å². The van der Waals surface area contributed by atoms with Gasteiger partial charge in [0.15, 0.2) is 5.78 Å². The highest BCUT2D eigenvalue weighted by atomic mass is 16.2. The largest absolute Gasteiger partial charge is 0.368 e. The van der Waals surface area contributed by atoms with E-state index in [9.17, 15) is 9.59 Å². The number of ketones is 1. The maximum absolute atomic E-state index is 12.8. The molecule has 2 heterocycles. The van der Waals surface area contributed by atoms with Crippen molar-refractivity contribution >= 4 is 17.4 Å². The lowest BCUT2D eigenvalue weighted by Gasteiger charge is -2.36. The van der Waals surface area contributed by atoms with Crippen LogP contribution in [-0.4, -0.2) is 52.5 Å². The highest BCUT2D eigenvalue weighted by Crippen LogP contribution is 2.19. The van der Waals surface area contributed by atoms with Crippen LogP contribution in [-0.2, 0) is 0 Å². The normalized spacial score (nSPS) is 14.2. The van der Waals surface area contributed by atoms with Crippen LogP contribution in [0.15, 0.2) is 67.0 Å². The fraction of sp³-hybridized carbons (Fsp3) is 0.227. The molecular formula is C22H22N4O2. The summed E-state index contributed by atoms with van der Waals surface area (Å²) in [6.07, 6.45) is 3.41. The van der Waals surface area contributed by atoms with Crippen LogP contribution in [0.3, 0.4) is 0 Å². The monoisotopic (exact) mass is 374 g/mol. The minimum Gasteiger partial charge on any atom is -0.368 e. The van der Waals surface area contributed by atoms with Gasteiger partial charge in [-0.1, -0.05) is 18.2 Å². The van der Waals surface area contributed by atoms with Crippen LogP contribution >= 0.6 is 0 Å². The first-order valence-corrected chi connectivity index (χ1v) is 9.37. The predicted molar refractivity (Wildman–Crippen MR) is 108 cm³/mol. The van der Waals surface area contributed by atoms with Gasteiger partial charge < -0.3 is 9.80 Å². The van der Waals surface area contributed by atoms with Crippen molar-refractivity contribution in [1.82, 2.24) is 14.7 Å². The number of amides is 1.